The Kier molecular flexibility index (Phi) is 4.69. The molecule has 0 radical (unpaired) electrons. The lowest BCUT2D eigenvalue weighted by Crippen LogP contribution is -2.21. The molecule has 1 aliphatic carbocycles. The van der Waals surface area contributed by atoms with Crippen LogP contribution in [0.5, 0.6) is 0 Å². The van der Waals surface area contributed by atoms with Gasteiger partial charge in [0.15, 0.2) is 5.17 Å². The van der Waals surface area contributed by atoms with Crippen LogP contribution in [0.15, 0.2) is 4.99 Å². The normalized spacial score (nSPS) is 25.4. The first-order chi connectivity index (χ1) is 7.40. The summed E-state index contributed by atoms with van der Waals surface area (Å²) in [7, 11) is 0. The molecule has 0 bridgehead atoms. The first-order valence-corrected chi connectivity index (χ1v) is 8.11. The molecule has 0 spiro atoms. The van der Waals surface area contributed by atoms with E-state index in [4.69, 9.17) is 0 Å². The van der Waals surface area contributed by atoms with E-state index in [1.54, 1.807) is 0 Å². The van der Waals surface area contributed by atoms with Gasteiger partial charge in [0.05, 0.1) is 6.54 Å². The van der Waals surface area contributed by atoms with E-state index in [0.29, 0.717) is 0 Å². The molecular formula is C11H20N2S2. The number of hydrogen-bond acceptors (Lipinski definition) is 4. The van der Waals surface area contributed by atoms with E-state index < -0.39 is 0 Å². The third-order valence-corrected chi connectivity index (χ3v) is 4.91. The largest absolute Gasteiger partial charge is 0.365 e. The Hall–Kier alpha value is 0.170. The smallest absolute Gasteiger partial charge is 0.156 e. The van der Waals surface area contributed by atoms with Gasteiger partial charge in [0.25, 0.3) is 0 Å². The molecule has 4 heteroatoms. The fourth-order valence-electron chi connectivity index (χ4n) is 1.77. The molecule has 2 rings (SSSR count). The average molecular weight is 244 g/mol. The Morgan fingerprint density at radius 2 is 2.33 bits per heavy atom. The Balaban J connectivity index is 1.52. The fourth-order valence-corrected chi connectivity index (χ4v) is 3.50. The highest BCUT2D eigenvalue weighted by Crippen LogP contribution is 2.41. The number of nitrogens with zero attached hydrogens (tertiary/aromatic N) is 1. The maximum Gasteiger partial charge on any atom is 0.156 e. The quantitative estimate of drug-likeness (QED) is 0.727. The summed E-state index contributed by atoms with van der Waals surface area (Å²) < 4.78 is 0. The molecule has 1 heterocycles. The number of rotatable bonds is 6. The molecule has 0 aromatic rings. The minimum atomic E-state index is 0.804. The van der Waals surface area contributed by atoms with Crippen LogP contribution in [-0.2, 0) is 0 Å². The minimum Gasteiger partial charge on any atom is -0.365 e. The summed E-state index contributed by atoms with van der Waals surface area (Å²) in [4.78, 5) is 4.56. The molecule has 1 fully saturated rings. The molecule has 2 aliphatic rings. The zero-order valence-electron chi connectivity index (χ0n) is 9.37. The highest BCUT2D eigenvalue weighted by atomic mass is 32.2. The van der Waals surface area contributed by atoms with Gasteiger partial charge in [-0.2, -0.15) is 11.8 Å². The second-order valence-electron chi connectivity index (χ2n) is 4.27. The number of amidine groups is 1. The summed E-state index contributed by atoms with van der Waals surface area (Å²) in [6.45, 7) is 2.16. The van der Waals surface area contributed by atoms with E-state index in [-0.39, 0.29) is 0 Å². The number of thioether (sulfide) groups is 2. The zero-order chi connectivity index (χ0) is 10.5. The lowest BCUT2D eigenvalue weighted by atomic mass is 10.3. The summed E-state index contributed by atoms with van der Waals surface area (Å²) in [5.41, 5.74) is 0. The van der Waals surface area contributed by atoms with Crippen molar-refractivity contribution in [1.82, 2.24) is 5.32 Å². The topological polar surface area (TPSA) is 24.4 Å². The van der Waals surface area contributed by atoms with Gasteiger partial charge in [-0.05, 0) is 43.6 Å². The monoisotopic (exact) mass is 244 g/mol. The van der Waals surface area contributed by atoms with E-state index in [9.17, 15) is 0 Å². The van der Waals surface area contributed by atoms with Crippen LogP contribution >= 0.6 is 23.5 Å². The molecule has 1 unspecified atom stereocenters. The Labute approximate surface area is 101 Å². The Morgan fingerprint density at radius 3 is 3.07 bits per heavy atom. The van der Waals surface area contributed by atoms with Crippen molar-refractivity contribution in [2.24, 2.45) is 10.9 Å². The molecule has 1 atom stereocenters. The second kappa shape index (κ2) is 6.04. The SMILES string of the molecule is CSCCCCNC1=NCC(C2CC2)S1. The van der Waals surface area contributed by atoms with Gasteiger partial charge in [-0.25, -0.2) is 0 Å². The highest BCUT2D eigenvalue weighted by Gasteiger charge is 2.35. The summed E-state index contributed by atoms with van der Waals surface area (Å²) in [5, 5.41) is 5.47. The van der Waals surface area contributed by atoms with Gasteiger partial charge in [0.2, 0.25) is 0 Å². The van der Waals surface area contributed by atoms with E-state index in [1.165, 1.54) is 36.6 Å². The Morgan fingerprint density at radius 1 is 1.47 bits per heavy atom. The standard InChI is InChI=1S/C11H20N2S2/c1-14-7-3-2-6-12-11-13-8-10(15-11)9-4-5-9/h9-10H,2-8H2,1H3,(H,12,13). The van der Waals surface area contributed by atoms with Gasteiger partial charge in [-0.1, -0.05) is 11.8 Å². The highest BCUT2D eigenvalue weighted by molar-refractivity contribution is 8.14. The van der Waals surface area contributed by atoms with Gasteiger partial charge >= 0.3 is 0 Å². The number of nitrogens with one attached hydrogen (secondary N) is 1. The molecule has 1 aliphatic heterocycles. The lowest BCUT2D eigenvalue weighted by Gasteiger charge is -2.07. The van der Waals surface area contributed by atoms with Crippen molar-refractivity contribution in [2.75, 3.05) is 25.1 Å². The van der Waals surface area contributed by atoms with Crippen LogP contribution in [0.25, 0.3) is 0 Å². The van der Waals surface area contributed by atoms with Crippen molar-refractivity contribution < 1.29 is 0 Å². The number of aliphatic imine (C=N–C) groups is 1. The fraction of sp³-hybridized carbons (Fsp3) is 0.909. The van der Waals surface area contributed by atoms with Crippen molar-refractivity contribution in [3.05, 3.63) is 0 Å². The van der Waals surface area contributed by atoms with Crippen LogP contribution < -0.4 is 5.32 Å². The third kappa shape index (κ3) is 3.91. The van der Waals surface area contributed by atoms with E-state index >= 15 is 0 Å². The molecule has 86 valence electrons. The molecule has 1 saturated carbocycles. The van der Waals surface area contributed by atoms with E-state index in [0.717, 1.165) is 24.3 Å². The van der Waals surface area contributed by atoms with Crippen molar-refractivity contribution in [3.63, 3.8) is 0 Å². The molecule has 1 N–H and O–H groups in total. The third-order valence-electron chi connectivity index (χ3n) is 2.88. The van der Waals surface area contributed by atoms with E-state index in [1.807, 2.05) is 23.5 Å². The van der Waals surface area contributed by atoms with Gasteiger partial charge in [0, 0.05) is 11.8 Å². The molecule has 0 saturated heterocycles. The van der Waals surface area contributed by atoms with Crippen LogP contribution in [0.1, 0.15) is 25.7 Å². The van der Waals surface area contributed by atoms with E-state index in [2.05, 4.69) is 16.6 Å². The van der Waals surface area contributed by atoms with Crippen LogP contribution in [0, 0.1) is 5.92 Å². The zero-order valence-corrected chi connectivity index (χ0v) is 11.0. The maximum absolute atomic E-state index is 4.56. The van der Waals surface area contributed by atoms with Gasteiger partial charge in [-0.15, -0.1) is 0 Å². The predicted molar refractivity (Wildman–Crippen MR) is 72.0 cm³/mol. The molecule has 0 aromatic carbocycles. The van der Waals surface area contributed by atoms with Crippen LogP contribution in [0.4, 0.5) is 0 Å². The number of unbranched alkanes of at least 4 members (excludes halogenated alkanes) is 1. The van der Waals surface area contributed by atoms with Crippen LogP contribution in [0.2, 0.25) is 0 Å². The van der Waals surface area contributed by atoms with Crippen molar-refractivity contribution in [2.45, 2.75) is 30.9 Å². The lowest BCUT2D eigenvalue weighted by molar-refractivity contribution is 0.758. The molecule has 0 amide bonds. The molecule has 2 nitrogen and oxygen atoms in total. The van der Waals surface area contributed by atoms with Crippen molar-refractivity contribution in [3.8, 4) is 0 Å². The first-order valence-electron chi connectivity index (χ1n) is 5.84. The van der Waals surface area contributed by atoms with Gasteiger partial charge < -0.3 is 5.32 Å². The van der Waals surface area contributed by atoms with Gasteiger partial charge in [-0.3, -0.25) is 4.99 Å². The number of hydrogen-bond donors (Lipinski definition) is 1. The van der Waals surface area contributed by atoms with Crippen molar-refractivity contribution >= 4 is 28.7 Å². The predicted octanol–water partition coefficient (Wildman–Crippen LogP) is 2.60. The average Bonchev–Trinajstić information content (AvgIpc) is 2.99. The van der Waals surface area contributed by atoms with Crippen LogP contribution in [-0.4, -0.2) is 35.5 Å². The second-order valence-corrected chi connectivity index (χ2v) is 6.48. The maximum atomic E-state index is 4.56. The summed E-state index contributed by atoms with van der Waals surface area (Å²) in [5.74, 6) is 2.26. The summed E-state index contributed by atoms with van der Waals surface area (Å²) in [6, 6.07) is 0. The summed E-state index contributed by atoms with van der Waals surface area (Å²) in [6.07, 6.45) is 7.64. The summed E-state index contributed by atoms with van der Waals surface area (Å²) >= 11 is 3.91. The van der Waals surface area contributed by atoms with Crippen molar-refractivity contribution in [1.29, 1.82) is 0 Å². The molecule has 0 aromatic heterocycles. The van der Waals surface area contributed by atoms with Gasteiger partial charge in [0.1, 0.15) is 0 Å². The van der Waals surface area contributed by atoms with Crippen LogP contribution in [0.3, 0.4) is 0 Å². The first kappa shape index (κ1) is 11.6. The minimum absolute atomic E-state index is 0.804. The Bertz CT molecular complexity index is 227. The molecule has 15 heavy (non-hydrogen) atoms. The molecular weight excluding hydrogens is 224 g/mol.